The van der Waals surface area contributed by atoms with Gasteiger partial charge in [0.15, 0.2) is 5.69 Å². The summed E-state index contributed by atoms with van der Waals surface area (Å²) in [5, 5.41) is 2.31. The van der Waals surface area contributed by atoms with Gasteiger partial charge in [-0.1, -0.05) is 12.1 Å². The van der Waals surface area contributed by atoms with Gasteiger partial charge in [-0.2, -0.15) is 13.2 Å². The molecule has 100 valence electrons. The quantitative estimate of drug-likeness (QED) is 0.841. The van der Waals surface area contributed by atoms with E-state index in [4.69, 9.17) is 11.6 Å². The van der Waals surface area contributed by atoms with Gasteiger partial charge < -0.3 is 5.32 Å². The molecule has 0 bridgehead atoms. The summed E-state index contributed by atoms with van der Waals surface area (Å²) in [6.45, 7) is 1.87. The average Bonchev–Trinajstić information content (AvgIpc) is 2.26. The van der Waals surface area contributed by atoms with Crippen LogP contribution in [0.3, 0.4) is 0 Å². The number of hydrogen-bond acceptors (Lipinski definition) is 3. The molecule has 0 amide bonds. The Balaban J connectivity index is 2.33. The highest BCUT2D eigenvalue weighted by atomic mass is 35.5. The summed E-state index contributed by atoms with van der Waals surface area (Å²) in [5.74, 6) is -0.00192. The number of hydrogen-bond donors (Lipinski definition) is 1. The Kier molecular flexibility index (Phi) is 3.61. The van der Waals surface area contributed by atoms with Crippen molar-refractivity contribution in [2.45, 2.75) is 13.1 Å². The molecule has 0 aliphatic heterocycles. The molecule has 3 nitrogen and oxygen atoms in total. The van der Waals surface area contributed by atoms with E-state index in [1.54, 1.807) is 18.2 Å². The van der Waals surface area contributed by atoms with Crippen LogP contribution in [0.5, 0.6) is 0 Å². The molecule has 0 aliphatic carbocycles. The normalized spacial score (nSPS) is 11.4. The molecule has 0 fully saturated rings. The zero-order valence-corrected chi connectivity index (χ0v) is 10.5. The van der Waals surface area contributed by atoms with Crippen LogP contribution in [0.15, 0.2) is 30.3 Å². The Morgan fingerprint density at radius 1 is 1.16 bits per heavy atom. The van der Waals surface area contributed by atoms with Gasteiger partial charge in [-0.3, -0.25) is 0 Å². The highest BCUT2D eigenvalue weighted by Crippen LogP contribution is 2.30. The lowest BCUT2D eigenvalue weighted by molar-refractivity contribution is -0.141. The number of nitrogens with one attached hydrogen (secondary N) is 1. The van der Waals surface area contributed by atoms with E-state index in [0.717, 1.165) is 11.6 Å². The number of aryl methyl sites for hydroxylation is 1. The third-order valence-corrected chi connectivity index (χ3v) is 2.45. The third-order valence-electron chi connectivity index (χ3n) is 2.28. The van der Waals surface area contributed by atoms with Crippen molar-refractivity contribution in [3.05, 3.63) is 46.9 Å². The summed E-state index contributed by atoms with van der Waals surface area (Å²) in [6, 6.07) is 7.97. The first-order valence-electron chi connectivity index (χ1n) is 5.30. The van der Waals surface area contributed by atoms with Gasteiger partial charge in [-0.25, -0.2) is 9.97 Å². The first-order valence-corrected chi connectivity index (χ1v) is 5.68. The molecule has 19 heavy (non-hydrogen) atoms. The molecule has 0 aliphatic rings. The fourth-order valence-electron chi connectivity index (χ4n) is 1.50. The fraction of sp³-hybridized carbons (Fsp3) is 0.167. The Hall–Kier alpha value is -1.82. The van der Waals surface area contributed by atoms with Crippen LogP contribution in [0.4, 0.5) is 24.7 Å². The topological polar surface area (TPSA) is 37.8 Å². The molecule has 1 aromatic carbocycles. The van der Waals surface area contributed by atoms with Crippen LogP contribution >= 0.6 is 11.6 Å². The fourth-order valence-corrected chi connectivity index (χ4v) is 1.68. The van der Waals surface area contributed by atoms with Gasteiger partial charge in [0.05, 0.1) is 0 Å². The van der Waals surface area contributed by atoms with E-state index in [1.165, 1.54) is 0 Å². The molecule has 1 aromatic heterocycles. The van der Waals surface area contributed by atoms with E-state index in [1.807, 2.05) is 13.0 Å². The van der Waals surface area contributed by atoms with Crippen LogP contribution in [0, 0.1) is 6.92 Å². The summed E-state index contributed by atoms with van der Waals surface area (Å²) >= 11 is 5.49. The molecule has 2 aromatic rings. The van der Waals surface area contributed by atoms with Gasteiger partial charge in [0.2, 0.25) is 5.28 Å². The Morgan fingerprint density at radius 2 is 1.89 bits per heavy atom. The maximum absolute atomic E-state index is 12.6. The average molecular weight is 288 g/mol. The first-order chi connectivity index (χ1) is 8.84. The molecule has 0 saturated carbocycles. The molecule has 0 saturated heterocycles. The number of benzene rings is 1. The van der Waals surface area contributed by atoms with Crippen molar-refractivity contribution in [1.29, 1.82) is 0 Å². The minimum absolute atomic E-state index is 0.00192. The molecule has 2 rings (SSSR count). The highest BCUT2D eigenvalue weighted by molar-refractivity contribution is 6.28. The van der Waals surface area contributed by atoms with Gasteiger partial charge in [0, 0.05) is 11.8 Å². The predicted octanol–water partition coefficient (Wildman–Crippen LogP) is 4.20. The SMILES string of the molecule is Cc1cccc(Nc2cc(C(F)(F)F)nc(Cl)n2)c1. The molecule has 0 unspecified atom stereocenters. The minimum atomic E-state index is -4.56. The standard InChI is InChI=1S/C12H9ClF3N3/c1-7-3-2-4-8(5-7)17-10-6-9(12(14,15)16)18-11(13)19-10/h2-6H,1H3,(H,17,18,19). The van der Waals surface area contributed by atoms with E-state index in [9.17, 15) is 13.2 Å². The molecular weight excluding hydrogens is 279 g/mol. The lowest BCUT2D eigenvalue weighted by Crippen LogP contribution is -2.10. The van der Waals surface area contributed by atoms with Gasteiger partial charge in [0.25, 0.3) is 0 Å². The Bertz CT molecular complexity index is 599. The molecule has 0 radical (unpaired) electrons. The second-order valence-electron chi connectivity index (χ2n) is 3.90. The largest absolute Gasteiger partial charge is 0.433 e. The van der Waals surface area contributed by atoms with Crippen LogP contribution in [-0.4, -0.2) is 9.97 Å². The van der Waals surface area contributed by atoms with E-state index in [0.29, 0.717) is 5.69 Å². The Labute approximate surface area is 112 Å². The van der Waals surface area contributed by atoms with Crippen LogP contribution in [0.25, 0.3) is 0 Å². The summed E-state index contributed by atoms with van der Waals surface area (Å²) in [5.41, 5.74) is 0.520. The van der Waals surface area contributed by atoms with Crippen molar-refractivity contribution in [1.82, 2.24) is 9.97 Å². The summed E-state index contributed by atoms with van der Waals surface area (Å²) < 4.78 is 37.7. The van der Waals surface area contributed by atoms with Gasteiger partial charge in [0.1, 0.15) is 5.82 Å². The monoisotopic (exact) mass is 287 g/mol. The van der Waals surface area contributed by atoms with Crippen molar-refractivity contribution >= 4 is 23.1 Å². The highest BCUT2D eigenvalue weighted by Gasteiger charge is 2.33. The molecule has 0 atom stereocenters. The number of aromatic nitrogens is 2. The van der Waals surface area contributed by atoms with Crippen molar-refractivity contribution < 1.29 is 13.2 Å². The molecule has 1 N–H and O–H groups in total. The number of halogens is 4. The second-order valence-corrected chi connectivity index (χ2v) is 4.24. The van der Waals surface area contributed by atoms with Crippen molar-refractivity contribution in [3.8, 4) is 0 Å². The number of alkyl halides is 3. The van der Waals surface area contributed by atoms with Gasteiger partial charge in [-0.05, 0) is 36.2 Å². The molecule has 1 heterocycles. The zero-order chi connectivity index (χ0) is 14.0. The van der Waals surface area contributed by atoms with Crippen LogP contribution < -0.4 is 5.32 Å². The van der Waals surface area contributed by atoms with E-state index in [2.05, 4.69) is 15.3 Å². The van der Waals surface area contributed by atoms with E-state index < -0.39 is 17.2 Å². The number of anilines is 2. The van der Waals surface area contributed by atoms with Gasteiger partial charge >= 0.3 is 6.18 Å². The summed E-state index contributed by atoms with van der Waals surface area (Å²) in [4.78, 5) is 6.87. The maximum atomic E-state index is 12.6. The first kappa shape index (κ1) is 13.6. The molecule has 0 spiro atoms. The maximum Gasteiger partial charge on any atom is 0.433 e. The summed E-state index contributed by atoms with van der Waals surface area (Å²) in [7, 11) is 0. The number of nitrogens with zero attached hydrogens (tertiary/aromatic N) is 2. The Morgan fingerprint density at radius 3 is 2.53 bits per heavy atom. The second kappa shape index (κ2) is 5.05. The van der Waals surface area contributed by atoms with E-state index in [-0.39, 0.29) is 5.82 Å². The van der Waals surface area contributed by atoms with Crippen molar-refractivity contribution in [2.75, 3.05) is 5.32 Å². The zero-order valence-electron chi connectivity index (χ0n) is 9.79. The predicted molar refractivity (Wildman–Crippen MR) is 66.5 cm³/mol. The van der Waals surface area contributed by atoms with Crippen LogP contribution in [0.2, 0.25) is 5.28 Å². The van der Waals surface area contributed by atoms with Crippen LogP contribution in [0.1, 0.15) is 11.3 Å². The molecular formula is C12H9ClF3N3. The van der Waals surface area contributed by atoms with Crippen molar-refractivity contribution in [2.24, 2.45) is 0 Å². The third kappa shape index (κ3) is 3.57. The smallest absolute Gasteiger partial charge is 0.340 e. The summed E-state index contributed by atoms with van der Waals surface area (Å²) in [6.07, 6.45) is -4.56. The van der Waals surface area contributed by atoms with E-state index >= 15 is 0 Å². The molecule has 7 heteroatoms. The minimum Gasteiger partial charge on any atom is -0.340 e. The van der Waals surface area contributed by atoms with Gasteiger partial charge in [-0.15, -0.1) is 0 Å². The van der Waals surface area contributed by atoms with Crippen molar-refractivity contribution in [3.63, 3.8) is 0 Å². The lowest BCUT2D eigenvalue weighted by Gasteiger charge is -2.10. The van der Waals surface area contributed by atoms with Crippen LogP contribution in [-0.2, 0) is 6.18 Å². The number of rotatable bonds is 2. The lowest BCUT2D eigenvalue weighted by atomic mass is 10.2.